The molecular weight excluding hydrogens is 340 g/mol. The van der Waals surface area contributed by atoms with Crippen LogP contribution in [0.3, 0.4) is 0 Å². The van der Waals surface area contributed by atoms with Crippen molar-refractivity contribution < 1.29 is 14.3 Å². The van der Waals surface area contributed by atoms with Crippen LogP contribution in [0.5, 0.6) is 0 Å². The number of nitrogens with zero attached hydrogens (tertiary/aromatic N) is 2. The number of carbonyl (C=O) groups is 2. The van der Waals surface area contributed by atoms with Crippen LogP contribution < -0.4 is 0 Å². The summed E-state index contributed by atoms with van der Waals surface area (Å²) in [5.74, 6) is 0.161. The normalized spacial score (nSPS) is 20.8. The standard InChI is InChI=1S/C22H32N2O3/c1-3-27-21(26)18(2)23-14-11-22(12-15-23)16-20(25)24(17-22)13-7-10-19-8-5-4-6-9-19/h4-6,8-9,18H,3,7,10-17H2,1-2H3. The molecule has 1 spiro atoms. The van der Waals surface area contributed by atoms with Crippen LogP contribution in [0.1, 0.15) is 45.1 Å². The predicted molar refractivity (Wildman–Crippen MR) is 105 cm³/mol. The number of aryl methyl sites for hydroxylation is 1. The molecule has 1 atom stereocenters. The third-order valence-corrected chi connectivity index (χ3v) is 6.18. The summed E-state index contributed by atoms with van der Waals surface area (Å²) in [6.45, 7) is 7.64. The van der Waals surface area contributed by atoms with Gasteiger partial charge in [-0.05, 0) is 63.6 Å². The molecule has 0 saturated carbocycles. The second-order valence-electron chi connectivity index (χ2n) is 8.05. The Balaban J connectivity index is 1.46. The number of ether oxygens (including phenoxy) is 1. The van der Waals surface area contributed by atoms with Gasteiger partial charge in [0.25, 0.3) is 0 Å². The van der Waals surface area contributed by atoms with Gasteiger partial charge in [-0.15, -0.1) is 0 Å². The summed E-state index contributed by atoms with van der Waals surface area (Å²) in [7, 11) is 0. The number of likely N-dealkylation sites (tertiary alicyclic amines) is 2. The molecule has 1 aromatic carbocycles. The van der Waals surface area contributed by atoms with Gasteiger partial charge in [0, 0.05) is 19.5 Å². The van der Waals surface area contributed by atoms with Crippen molar-refractivity contribution in [3.8, 4) is 0 Å². The summed E-state index contributed by atoms with van der Waals surface area (Å²) in [4.78, 5) is 28.8. The van der Waals surface area contributed by atoms with Crippen molar-refractivity contribution in [3.63, 3.8) is 0 Å². The third-order valence-electron chi connectivity index (χ3n) is 6.18. The van der Waals surface area contributed by atoms with Crippen LogP contribution in [0.15, 0.2) is 30.3 Å². The molecule has 0 bridgehead atoms. The highest BCUT2D eigenvalue weighted by molar-refractivity contribution is 5.79. The molecule has 2 heterocycles. The van der Waals surface area contributed by atoms with Gasteiger partial charge in [-0.25, -0.2) is 0 Å². The van der Waals surface area contributed by atoms with Crippen LogP contribution in [0, 0.1) is 5.41 Å². The number of rotatable bonds is 7. The number of hydrogen-bond donors (Lipinski definition) is 0. The molecule has 148 valence electrons. The van der Waals surface area contributed by atoms with Gasteiger partial charge in [-0.2, -0.15) is 0 Å². The van der Waals surface area contributed by atoms with Crippen molar-refractivity contribution in [2.24, 2.45) is 5.41 Å². The first kappa shape index (κ1) is 19.9. The van der Waals surface area contributed by atoms with Crippen molar-refractivity contribution in [2.75, 3.05) is 32.8 Å². The molecule has 2 saturated heterocycles. The minimum atomic E-state index is -0.193. The van der Waals surface area contributed by atoms with E-state index in [4.69, 9.17) is 4.74 Å². The van der Waals surface area contributed by atoms with Gasteiger partial charge < -0.3 is 9.64 Å². The number of benzene rings is 1. The minimum Gasteiger partial charge on any atom is -0.465 e. The maximum Gasteiger partial charge on any atom is 0.323 e. The first-order valence-electron chi connectivity index (χ1n) is 10.3. The van der Waals surface area contributed by atoms with E-state index in [9.17, 15) is 9.59 Å². The average Bonchev–Trinajstić information content (AvgIpc) is 2.98. The highest BCUT2D eigenvalue weighted by atomic mass is 16.5. The molecule has 0 N–H and O–H groups in total. The molecule has 0 radical (unpaired) electrons. The molecule has 1 unspecified atom stereocenters. The Morgan fingerprint density at radius 2 is 1.93 bits per heavy atom. The van der Waals surface area contributed by atoms with Gasteiger partial charge in [0.1, 0.15) is 6.04 Å². The maximum atomic E-state index is 12.5. The fourth-order valence-electron chi connectivity index (χ4n) is 4.44. The van der Waals surface area contributed by atoms with Crippen molar-refractivity contribution in [2.45, 2.75) is 52.0 Å². The lowest BCUT2D eigenvalue weighted by atomic mass is 9.77. The monoisotopic (exact) mass is 372 g/mol. The number of hydrogen-bond acceptors (Lipinski definition) is 4. The smallest absolute Gasteiger partial charge is 0.323 e. The Kier molecular flexibility index (Phi) is 6.53. The molecule has 3 rings (SSSR count). The average molecular weight is 373 g/mol. The Labute approximate surface area is 162 Å². The first-order chi connectivity index (χ1) is 13.0. The Morgan fingerprint density at radius 1 is 1.22 bits per heavy atom. The second-order valence-corrected chi connectivity index (χ2v) is 8.05. The van der Waals surface area contributed by atoms with E-state index in [0.717, 1.165) is 51.9 Å². The fourth-order valence-corrected chi connectivity index (χ4v) is 4.44. The third kappa shape index (κ3) is 4.89. The Bertz CT molecular complexity index is 638. The van der Waals surface area contributed by atoms with Gasteiger partial charge in [0.15, 0.2) is 0 Å². The quantitative estimate of drug-likeness (QED) is 0.691. The van der Waals surface area contributed by atoms with E-state index >= 15 is 0 Å². The number of esters is 1. The van der Waals surface area contributed by atoms with Gasteiger partial charge in [-0.3, -0.25) is 14.5 Å². The van der Waals surface area contributed by atoms with E-state index in [0.29, 0.717) is 18.9 Å². The van der Waals surface area contributed by atoms with Crippen LogP contribution in [0.25, 0.3) is 0 Å². The summed E-state index contributed by atoms with van der Waals surface area (Å²) in [6, 6.07) is 10.3. The van der Waals surface area contributed by atoms with Crippen molar-refractivity contribution in [3.05, 3.63) is 35.9 Å². The molecule has 0 aromatic heterocycles. The molecule has 2 aliphatic rings. The van der Waals surface area contributed by atoms with Gasteiger partial charge >= 0.3 is 5.97 Å². The molecule has 1 amide bonds. The molecule has 5 nitrogen and oxygen atoms in total. The Morgan fingerprint density at radius 3 is 2.59 bits per heavy atom. The van der Waals surface area contributed by atoms with Crippen LogP contribution in [-0.4, -0.2) is 60.5 Å². The lowest BCUT2D eigenvalue weighted by Crippen LogP contribution is -2.48. The zero-order valence-electron chi connectivity index (χ0n) is 16.7. The van der Waals surface area contributed by atoms with E-state index in [1.54, 1.807) is 0 Å². The molecule has 2 fully saturated rings. The zero-order valence-corrected chi connectivity index (χ0v) is 16.7. The van der Waals surface area contributed by atoms with Crippen LogP contribution >= 0.6 is 0 Å². The van der Waals surface area contributed by atoms with E-state index in [1.807, 2.05) is 19.9 Å². The molecule has 2 aliphatic heterocycles. The van der Waals surface area contributed by atoms with Gasteiger partial charge in [-0.1, -0.05) is 30.3 Å². The van der Waals surface area contributed by atoms with Crippen molar-refractivity contribution >= 4 is 11.9 Å². The van der Waals surface area contributed by atoms with E-state index in [2.05, 4.69) is 34.1 Å². The lowest BCUT2D eigenvalue weighted by molar-refractivity contribution is -0.149. The summed E-state index contributed by atoms with van der Waals surface area (Å²) in [5, 5.41) is 0. The molecule has 27 heavy (non-hydrogen) atoms. The summed E-state index contributed by atoms with van der Waals surface area (Å²) in [6.07, 6.45) is 4.66. The highest BCUT2D eigenvalue weighted by Gasteiger charge is 2.45. The van der Waals surface area contributed by atoms with Crippen molar-refractivity contribution in [1.29, 1.82) is 0 Å². The second kappa shape index (κ2) is 8.87. The Hall–Kier alpha value is -1.88. The predicted octanol–water partition coefficient (Wildman–Crippen LogP) is 2.89. The lowest BCUT2D eigenvalue weighted by Gasteiger charge is -2.40. The summed E-state index contributed by atoms with van der Waals surface area (Å²) < 4.78 is 5.15. The first-order valence-corrected chi connectivity index (χ1v) is 10.3. The molecular formula is C22H32N2O3. The van der Waals surface area contributed by atoms with Crippen LogP contribution in [-0.2, 0) is 20.7 Å². The SMILES string of the molecule is CCOC(=O)C(C)N1CCC2(CC1)CC(=O)N(CCCc1ccccc1)C2. The van der Waals surface area contributed by atoms with Crippen LogP contribution in [0.4, 0.5) is 0 Å². The maximum absolute atomic E-state index is 12.5. The largest absolute Gasteiger partial charge is 0.465 e. The minimum absolute atomic E-state index is 0.106. The molecule has 0 aliphatic carbocycles. The number of carbonyl (C=O) groups excluding carboxylic acids is 2. The van der Waals surface area contributed by atoms with Crippen LogP contribution in [0.2, 0.25) is 0 Å². The summed E-state index contributed by atoms with van der Waals surface area (Å²) >= 11 is 0. The van der Waals surface area contributed by atoms with Crippen molar-refractivity contribution in [1.82, 2.24) is 9.80 Å². The van der Waals surface area contributed by atoms with E-state index < -0.39 is 0 Å². The topological polar surface area (TPSA) is 49.9 Å². The zero-order chi connectivity index (χ0) is 19.3. The van der Waals surface area contributed by atoms with Gasteiger partial charge in [0.05, 0.1) is 6.61 Å². The van der Waals surface area contributed by atoms with E-state index in [1.165, 1.54) is 5.56 Å². The van der Waals surface area contributed by atoms with E-state index in [-0.39, 0.29) is 17.4 Å². The number of amides is 1. The molecule has 5 heteroatoms. The molecule has 1 aromatic rings. The number of piperidine rings is 1. The fraction of sp³-hybridized carbons (Fsp3) is 0.636. The van der Waals surface area contributed by atoms with Gasteiger partial charge in [0.2, 0.25) is 5.91 Å². The highest BCUT2D eigenvalue weighted by Crippen LogP contribution is 2.41. The summed E-state index contributed by atoms with van der Waals surface area (Å²) in [5.41, 5.74) is 1.44.